The lowest BCUT2D eigenvalue weighted by molar-refractivity contribution is 0.0535. The van der Waals surface area contributed by atoms with E-state index in [0.717, 1.165) is 5.56 Å². The Kier molecular flexibility index (Phi) is 5.74. The van der Waals surface area contributed by atoms with Gasteiger partial charge in [0, 0.05) is 37.3 Å². The Labute approximate surface area is 158 Å². The second kappa shape index (κ2) is 8.20. The topological polar surface area (TPSA) is 49.9 Å². The van der Waals surface area contributed by atoms with Gasteiger partial charge in [-0.3, -0.25) is 9.59 Å². The standard InChI is InChI=1S/C21H23FN2O3/c1-3-27-19-9-8-17(14-18(19)22)21(26)24-12-10-23(11-13-24)20(25)16-6-4-15(2)5-7-16/h4-9,14H,3,10-13H2,1-2H3. The fourth-order valence-electron chi connectivity index (χ4n) is 3.08. The van der Waals surface area contributed by atoms with Crippen LogP contribution < -0.4 is 4.74 Å². The van der Waals surface area contributed by atoms with E-state index in [1.54, 1.807) is 22.8 Å². The van der Waals surface area contributed by atoms with Gasteiger partial charge in [-0.25, -0.2) is 4.39 Å². The van der Waals surface area contributed by atoms with Crippen molar-refractivity contribution in [2.45, 2.75) is 13.8 Å². The number of piperazine rings is 1. The quantitative estimate of drug-likeness (QED) is 0.831. The number of hydrogen-bond donors (Lipinski definition) is 0. The molecule has 1 saturated heterocycles. The zero-order chi connectivity index (χ0) is 19.4. The number of benzene rings is 2. The van der Waals surface area contributed by atoms with Gasteiger partial charge < -0.3 is 14.5 Å². The first-order valence-corrected chi connectivity index (χ1v) is 9.07. The van der Waals surface area contributed by atoms with Gasteiger partial charge >= 0.3 is 0 Å². The minimum Gasteiger partial charge on any atom is -0.491 e. The Bertz CT molecular complexity index is 828. The van der Waals surface area contributed by atoms with Gasteiger partial charge in [0.2, 0.25) is 0 Å². The Balaban J connectivity index is 1.61. The van der Waals surface area contributed by atoms with E-state index in [4.69, 9.17) is 4.74 Å². The van der Waals surface area contributed by atoms with Crippen LogP contribution in [0.25, 0.3) is 0 Å². The Morgan fingerprint density at radius 1 is 0.926 bits per heavy atom. The van der Waals surface area contributed by atoms with Gasteiger partial charge in [0.05, 0.1) is 6.61 Å². The predicted octanol–water partition coefficient (Wildman–Crippen LogP) is 3.13. The summed E-state index contributed by atoms with van der Waals surface area (Å²) in [5.74, 6) is -0.674. The number of ether oxygens (including phenoxy) is 1. The number of carbonyl (C=O) groups is 2. The van der Waals surface area contributed by atoms with E-state index >= 15 is 0 Å². The van der Waals surface area contributed by atoms with E-state index in [-0.39, 0.29) is 23.1 Å². The molecule has 1 aliphatic heterocycles. The minimum absolute atomic E-state index is 0.0331. The summed E-state index contributed by atoms with van der Waals surface area (Å²) in [4.78, 5) is 28.6. The molecule has 5 nitrogen and oxygen atoms in total. The van der Waals surface area contributed by atoms with Crippen molar-refractivity contribution in [2.24, 2.45) is 0 Å². The Hall–Kier alpha value is -2.89. The van der Waals surface area contributed by atoms with Crippen LogP contribution in [0.1, 0.15) is 33.2 Å². The smallest absolute Gasteiger partial charge is 0.254 e. The highest BCUT2D eigenvalue weighted by Gasteiger charge is 2.26. The second-order valence-electron chi connectivity index (χ2n) is 6.53. The van der Waals surface area contributed by atoms with E-state index < -0.39 is 5.82 Å². The average molecular weight is 370 g/mol. The summed E-state index contributed by atoms with van der Waals surface area (Å²) in [6.45, 7) is 5.87. The molecule has 0 aromatic heterocycles. The van der Waals surface area contributed by atoms with Gasteiger partial charge in [0.1, 0.15) is 0 Å². The molecule has 6 heteroatoms. The lowest BCUT2D eigenvalue weighted by Crippen LogP contribution is -2.50. The molecule has 0 radical (unpaired) electrons. The summed E-state index contributed by atoms with van der Waals surface area (Å²) in [5, 5.41) is 0. The summed E-state index contributed by atoms with van der Waals surface area (Å²) in [5.41, 5.74) is 2.03. The summed E-state index contributed by atoms with van der Waals surface area (Å²) in [6, 6.07) is 11.7. The van der Waals surface area contributed by atoms with Gasteiger partial charge in [-0.05, 0) is 44.2 Å². The van der Waals surface area contributed by atoms with E-state index in [2.05, 4.69) is 0 Å². The predicted molar refractivity (Wildman–Crippen MR) is 101 cm³/mol. The third-order valence-corrected chi connectivity index (χ3v) is 4.63. The maximum Gasteiger partial charge on any atom is 0.254 e. The maximum absolute atomic E-state index is 14.0. The molecule has 0 atom stereocenters. The molecule has 3 rings (SSSR count). The van der Waals surface area contributed by atoms with E-state index in [1.165, 1.54) is 12.1 Å². The molecule has 0 bridgehead atoms. The van der Waals surface area contributed by atoms with Crippen LogP contribution in [-0.2, 0) is 0 Å². The van der Waals surface area contributed by atoms with Crippen molar-refractivity contribution in [3.8, 4) is 5.75 Å². The van der Waals surface area contributed by atoms with Crippen molar-refractivity contribution in [1.82, 2.24) is 9.80 Å². The summed E-state index contributed by atoms with van der Waals surface area (Å²) in [6.07, 6.45) is 0. The SMILES string of the molecule is CCOc1ccc(C(=O)N2CCN(C(=O)c3ccc(C)cc3)CC2)cc1F. The first-order chi connectivity index (χ1) is 13.0. The molecule has 2 aromatic carbocycles. The summed E-state index contributed by atoms with van der Waals surface area (Å²) < 4.78 is 19.2. The van der Waals surface area contributed by atoms with E-state index in [1.807, 2.05) is 31.2 Å². The van der Waals surface area contributed by atoms with Gasteiger partial charge in [-0.15, -0.1) is 0 Å². The molecule has 0 N–H and O–H groups in total. The molecule has 2 aromatic rings. The van der Waals surface area contributed by atoms with Crippen LogP contribution in [0.15, 0.2) is 42.5 Å². The van der Waals surface area contributed by atoms with Crippen LogP contribution in [0.2, 0.25) is 0 Å². The molecular formula is C21H23FN2O3. The lowest BCUT2D eigenvalue weighted by atomic mass is 10.1. The van der Waals surface area contributed by atoms with Crippen molar-refractivity contribution in [3.63, 3.8) is 0 Å². The minimum atomic E-state index is -0.545. The van der Waals surface area contributed by atoms with Crippen molar-refractivity contribution in [1.29, 1.82) is 0 Å². The molecule has 1 heterocycles. The number of nitrogens with zero attached hydrogens (tertiary/aromatic N) is 2. The molecule has 142 valence electrons. The highest BCUT2D eigenvalue weighted by molar-refractivity contribution is 5.96. The van der Waals surface area contributed by atoms with Crippen molar-refractivity contribution in [2.75, 3.05) is 32.8 Å². The van der Waals surface area contributed by atoms with Crippen LogP contribution in [0, 0.1) is 12.7 Å². The average Bonchev–Trinajstić information content (AvgIpc) is 2.69. The third-order valence-electron chi connectivity index (χ3n) is 4.63. The highest BCUT2D eigenvalue weighted by Crippen LogP contribution is 2.20. The van der Waals surface area contributed by atoms with Gasteiger partial charge in [0.25, 0.3) is 11.8 Å². The summed E-state index contributed by atoms with van der Waals surface area (Å²) in [7, 11) is 0. The van der Waals surface area contributed by atoms with E-state index in [0.29, 0.717) is 38.3 Å². The molecule has 0 unspecified atom stereocenters. The number of amides is 2. The maximum atomic E-state index is 14.0. The second-order valence-corrected chi connectivity index (χ2v) is 6.53. The van der Waals surface area contributed by atoms with Gasteiger partial charge in [0.15, 0.2) is 11.6 Å². The zero-order valence-corrected chi connectivity index (χ0v) is 15.6. The fourth-order valence-corrected chi connectivity index (χ4v) is 3.08. The molecule has 1 aliphatic rings. The normalized spacial score (nSPS) is 14.2. The molecule has 0 spiro atoms. The lowest BCUT2D eigenvalue weighted by Gasteiger charge is -2.35. The number of halogens is 1. The molecule has 2 amide bonds. The highest BCUT2D eigenvalue weighted by atomic mass is 19.1. The fraction of sp³-hybridized carbons (Fsp3) is 0.333. The van der Waals surface area contributed by atoms with Gasteiger partial charge in [-0.2, -0.15) is 0 Å². The largest absolute Gasteiger partial charge is 0.491 e. The first-order valence-electron chi connectivity index (χ1n) is 9.07. The molecule has 0 aliphatic carbocycles. The molecule has 27 heavy (non-hydrogen) atoms. The first kappa shape index (κ1) is 18.9. The van der Waals surface area contributed by atoms with Crippen LogP contribution >= 0.6 is 0 Å². The Morgan fingerprint density at radius 3 is 1.96 bits per heavy atom. The molecule has 0 saturated carbocycles. The monoisotopic (exact) mass is 370 g/mol. The van der Waals surface area contributed by atoms with Crippen molar-refractivity contribution in [3.05, 3.63) is 65.0 Å². The molecular weight excluding hydrogens is 347 g/mol. The third kappa shape index (κ3) is 4.27. The van der Waals surface area contributed by atoms with Crippen LogP contribution in [0.4, 0.5) is 4.39 Å². The zero-order valence-electron chi connectivity index (χ0n) is 15.6. The van der Waals surface area contributed by atoms with E-state index in [9.17, 15) is 14.0 Å². The van der Waals surface area contributed by atoms with Crippen LogP contribution in [0.5, 0.6) is 5.75 Å². The number of carbonyl (C=O) groups excluding carboxylic acids is 2. The number of rotatable bonds is 4. The molecule has 1 fully saturated rings. The number of aryl methyl sites for hydroxylation is 1. The van der Waals surface area contributed by atoms with Crippen molar-refractivity contribution >= 4 is 11.8 Å². The summed E-state index contributed by atoms with van der Waals surface area (Å²) >= 11 is 0. The Morgan fingerprint density at radius 2 is 1.44 bits per heavy atom. The van der Waals surface area contributed by atoms with Crippen molar-refractivity contribution < 1.29 is 18.7 Å². The number of hydrogen-bond acceptors (Lipinski definition) is 3. The van der Waals surface area contributed by atoms with Crippen LogP contribution in [-0.4, -0.2) is 54.4 Å². The van der Waals surface area contributed by atoms with Gasteiger partial charge in [-0.1, -0.05) is 17.7 Å². The van der Waals surface area contributed by atoms with Crippen LogP contribution in [0.3, 0.4) is 0 Å².